The predicted molar refractivity (Wildman–Crippen MR) is 70.4 cm³/mol. The maximum Gasteiger partial charge on any atom is 0.158 e. The zero-order valence-corrected chi connectivity index (χ0v) is 11.7. The van der Waals surface area contributed by atoms with E-state index in [4.69, 9.17) is 9.47 Å². The van der Waals surface area contributed by atoms with Crippen LogP contribution in [0, 0.1) is 5.92 Å². The smallest absolute Gasteiger partial charge is 0.158 e. The molecule has 1 aliphatic carbocycles. The first-order chi connectivity index (χ1) is 8.44. The number of carbonyl (C=O) groups is 1. The summed E-state index contributed by atoms with van der Waals surface area (Å²) in [6, 6.07) is 0. The van der Waals surface area contributed by atoms with Gasteiger partial charge in [-0.05, 0) is 39.3 Å². The normalized spacial score (nSPS) is 32.1. The number of ketones is 1. The number of hydrogen-bond acceptors (Lipinski definition) is 3. The van der Waals surface area contributed by atoms with Gasteiger partial charge in [0.2, 0.25) is 0 Å². The van der Waals surface area contributed by atoms with Gasteiger partial charge in [0.25, 0.3) is 0 Å². The number of epoxide rings is 1. The Bertz CT molecular complexity index is 398. The van der Waals surface area contributed by atoms with Crippen molar-refractivity contribution in [1.29, 1.82) is 0 Å². The average molecular weight is 250 g/mol. The highest BCUT2D eigenvalue weighted by molar-refractivity contribution is 5.96. The van der Waals surface area contributed by atoms with E-state index in [9.17, 15) is 4.79 Å². The van der Waals surface area contributed by atoms with Crippen LogP contribution in [0.25, 0.3) is 0 Å². The molecule has 1 heterocycles. The Morgan fingerprint density at radius 2 is 2.33 bits per heavy atom. The highest BCUT2D eigenvalue weighted by atomic mass is 16.6. The van der Waals surface area contributed by atoms with E-state index in [1.807, 2.05) is 19.9 Å². The second-order valence-electron chi connectivity index (χ2n) is 5.62. The van der Waals surface area contributed by atoms with Crippen molar-refractivity contribution in [3.63, 3.8) is 0 Å². The number of allylic oxidation sites excluding steroid dienone is 2. The molecule has 1 spiro atoms. The molecule has 3 nitrogen and oxygen atoms in total. The summed E-state index contributed by atoms with van der Waals surface area (Å²) in [5.74, 6) is 0.373. The van der Waals surface area contributed by atoms with Gasteiger partial charge in [-0.3, -0.25) is 4.79 Å². The van der Waals surface area contributed by atoms with Gasteiger partial charge in [-0.2, -0.15) is 0 Å². The summed E-state index contributed by atoms with van der Waals surface area (Å²) >= 11 is 0. The van der Waals surface area contributed by atoms with Gasteiger partial charge in [0.15, 0.2) is 5.78 Å². The Labute approximate surface area is 109 Å². The third-order valence-electron chi connectivity index (χ3n) is 3.83. The van der Waals surface area contributed by atoms with Crippen LogP contribution in [0.4, 0.5) is 0 Å². The van der Waals surface area contributed by atoms with E-state index in [2.05, 4.69) is 19.9 Å². The fraction of sp³-hybridized carbons (Fsp3) is 0.667. The fourth-order valence-corrected chi connectivity index (χ4v) is 2.51. The number of carbonyl (C=O) groups excluding carboxylic acids is 1. The molecule has 0 amide bonds. The number of hydrogen-bond donors (Lipinski definition) is 0. The Morgan fingerprint density at radius 3 is 2.89 bits per heavy atom. The first kappa shape index (κ1) is 13.5. The first-order valence-corrected chi connectivity index (χ1v) is 6.56. The van der Waals surface area contributed by atoms with Crippen molar-refractivity contribution in [3.05, 3.63) is 23.3 Å². The number of Topliss-reactive ketones (excluding diaryl/α,β-unsaturated/α-hetero) is 1. The molecule has 1 aliphatic heterocycles. The lowest BCUT2D eigenvalue weighted by Crippen LogP contribution is -2.39. The van der Waals surface area contributed by atoms with E-state index in [0.717, 1.165) is 12.2 Å². The minimum Gasteiger partial charge on any atom is -0.374 e. The molecule has 0 saturated carbocycles. The molecule has 0 bridgehead atoms. The zero-order valence-electron chi connectivity index (χ0n) is 11.7. The summed E-state index contributed by atoms with van der Waals surface area (Å²) in [6.45, 7) is 9.34. The molecule has 18 heavy (non-hydrogen) atoms. The zero-order chi connectivity index (χ0) is 13.3. The number of ether oxygens (including phenoxy) is 2. The van der Waals surface area contributed by atoms with Crippen LogP contribution in [0.1, 0.15) is 34.1 Å². The molecule has 3 heteroatoms. The molecular formula is C15H22O3. The average Bonchev–Trinajstić information content (AvgIpc) is 3.03. The van der Waals surface area contributed by atoms with Gasteiger partial charge in [-0.1, -0.05) is 11.6 Å². The minimum atomic E-state index is -0.220. The Kier molecular flexibility index (Phi) is 3.74. The first-order valence-electron chi connectivity index (χ1n) is 6.56. The lowest BCUT2D eigenvalue weighted by atomic mass is 9.77. The summed E-state index contributed by atoms with van der Waals surface area (Å²) in [5, 5.41) is 0. The molecule has 1 fully saturated rings. The molecule has 0 aromatic carbocycles. The highest BCUT2D eigenvalue weighted by Gasteiger charge is 2.54. The third kappa shape index (κ3) is 2.73. The van der Waals surface area contributed by atoms with E-state index in [-0.39, 0.29) is 23.4 Å². The molecule has 3 atom stereocenters. The Balaban J connectivity index is 2.00. The van der Waals surface area contributed by atoms with Crippen LogP contribution in [0.15, 0.2) is 23.3 Å². The van der Waals surface area contributed by atoms with Gasteiger partial charge < -0.3 is 9.47 Å². The van der Waals surface area contributed by atoms with Gasteiger partial charge in [0.1, 0.15) is 5.60 Å². The van der Waals surface area contributed by atoms with Gasteiger partial charge in [-0.25, -0.2) is 0 Å². The van der Waals surface area contributed by atoms with E-state index in [1.165, 1.54) is 5.57 Å². The number of rotatable bonds is 4. The molecule has 0 N–H and O–H groups in total. The summed E-state index contributed by atoms with van der Waals surface area (Å²) < 4.78 is 11.4. The molecule has 3 unspecified atom stereocenters. The van der Waals surface area contributed by atoms with E-state index >= 15 is 0 Å². The van der Waals surface area contributed by atoms with E-state index in [1.54, 1.807) is 0 Å². The lowest BCUT2D eigenvalue weighted by molar-refractivity contribution is -0.119. The molecule has 2 rings (SSSR count). The molecule has 1 saturated heterocycles. The van der Waals surface area contributed by atoms with Crippen molar-refractivity contribution in [2.24, 2.45) is 5.92 Å². The Morgan fingerprint density at radius 1 is 1.67 bits per heavy atom. The van der Waals surface area contributed by atoms with Crippen molar-refractivity contribution in [2.45, 2.75) is 45.8 Å². The van der Waals surface area contributed by atoms with Crippen LogP contribution < -0.4 is 0 Å². The summed E-state index contributed by atoms with van der Waals surface area (Å²) in [4.78, 5) is 11.8. The van der Waals surface area contributed by atoms with Crippen LogP contribution in [-0.4, -0.2) is 30.7 Å². The SMILES string of the molecule is CC(C)=CCOC(C)C1CC(=O)C(C)=CC12CO2. The maximum atomic E-state index is 11.8. The van der Waals surface area contributed by atoms with Crippen LogP contribution in [0.2, 0.25) is 0 Å². The largest absolute Gasteiger partial charge is 0.374 e. The van der Waals surface area contributed by atoms with Gasteiger partial charge in [0.05, 0.1) is 19.3 Å². The lowest BCUT2D eigenvalue weighted by Gasteiger charge is -2.30. The summed E-state index contributed by atoms with van der Waals surface area (Å²) in [7, 11) is 0. The standard InChI is InChI=1S/C15H22O3/c1-10(2)5-6-17-12(4)13-7-14(16)11(3)8-15(13)9-18-15/h5,8,12-13H,6-7,9H2,1-4H3. The minimum absolute atomic E-state index is 0.0383. The quantitative estimate of drug-likeness (QED) is 0.569. The molecular weight excluding hydrogens is 228 g/mol. The topological polar surface area (TPSA) is 38.8 Å². The van der Waals surface area contributed by atoms with Gasteiger partial charge >= 0.3 is 0 Å². The summed E-state index contributed by atoms with van der Waals surface area (Å²) in [5.41, 5.74) is 1.86. The van der Waals surface area contributed by atoms with Crippen molar-refractivity contribution in [2.75, 3.05) is 13.2 Å². The maximum absolute atomic E-state index is 11.8. The predicted octanol–water partition coefficient (Wildman–Crippen LogP) is 2.66. The summed E-state index contributed by atoms with van der Waals surface area (Å²) in [6.07, 6.45) is 4.63. The molecule has 2 aliphatic rings. The van der Waals surface area contributed by atoms with E-state index in [0.29, 0.717) is 13.0 Å². The van der Waals surface area contributed by atoms with E-state index < -0.39 is 0 Å². The second-order valence-corrected chi connectivity index (χ2v) is 5.62. The van der Waals surface area contributed by atoms with Crippen LogP contribution >= 0.6 is 0 Å². The fourth-order valence-electron chi connectivity index (χ4n) is 2.51. The van der Waals surface area contributed by atoms with Gasteiger partial charge in [0, 0.05) is 12.3 Å². The van der Waals surface area contributed by atoms with Crippen molar-refractivity contribution in [1.82, 2.24) is 0 Å². The van der Waals surface area contributed by atoms with Crippen molar-refractivity contribution >= 4 is 5.78 Å². The van der Waals surface area contributed by atoms with Gasteiger partial charge in [-0.15, -0.1) is 0 Å². The molecule has 0 aromatic rings. The van der Waals surface area contributed by atoms with Crippen LogP contribution in [0.5, 0.6) is 0 Å². The van der Waals surface area contributed by atoms with Crippen molar-refractivity contribution < 1.29 is 14.3 Å². The second kappa shape index (κ2) is 4.98. The third-order valence-corrected chi connectivity index (χ3v) is 3.83. The highest BCUT2D eigenvalue weighted by Crippen LogP contribution is 2.45. The van der Waals surface area contributed by atoms with Crippen LogP contribution in [-0.2, 0) is 14.3 Å². The molecule has 0 radical (unpaired) electrons. The molecule has 0 aromatic heterocycles. The monoisotopic (exact) mass is 250 g/mol. The molecule has 100 valence electrons. The van der Waals surface area contributed by atoms with Crippen LogP contribution in [0.3, 0.4) is 0 Å². The Hall–Kier alpha value is -0.930. The van der Waals surface area contributed by atoms with Crippen molar-refractivity contribution in [3.8, 4) is 0 Å².